The number of hydrogen-bond acceptors (Lipinski definition) is 2. The molecule has 1 aliphatic rings. The Morgan fingerprint density at radius 1 is 1.04 bits per heavy atom. The monoisotopic (exact) mass is 326 g/mol. The number of carboxylic acids is 2. The van der Waals surface area contributed by atoms with Crippen LogP contribution in [0.3, 0.4) is 0 Å². The molecule has 2 N–H and O–H groups in total. The Morgan fingerprint density at radius 3 is 2.09 bits per heavy atom. The van der Waals surface area contributed by atoms with Crippen LogP contribution in [0.4, 0.5) is 0 Å². The third-order valence-electron chi connectivity index (χ3n) is 6.44. The Kier molecular flexibility index (Phi) is 7.09. The van der Waals surface area contributed by atoms with Crippen molar-refractivity contribution < 1.29 is 19.8 Å². The topological polar surface area (TPSA) is 74.6 Å². The molecule has 1 saturated carbocycles. The van der Waals surface area contributed by atoms with Crippen LogP contribution in [-0.2, 0) is 9.59 Å². The highest BCUT2D eigenvalue weighted by Gasteiger charge is 2.56. The maximum absolute atomic E-state index is 12.0. The number of hydrogen-bond donors (Lipinski definition) is 2. The van der Waals surface area contributed by atoms with E-state index in [2.05, 4.69) is 27.7 Å². The van der Waals surface area contributed by atoms with Crippen molar-refractivity contribution in [1.82, 2.24) is 0 Å². The summed E-state index contributed by atoms with van der Waals surface area (Å²) in [4.78, 5) is 23.3. The van der Waals surface area contributed by atoms with Crippen LogP contribution in [0.15, 0.2) is 0 Å². The molecule has 0 aromatic carbocycles. The smallest absolute Gasteiger partial charge is 0.307 e. The predicted octanol–water partition coefficient (Wildman–Crippen LogP) is 4.96. The van der Waals surface area contributed by atoms with Gasteiger partial charge in [0.1, 0.15) is 0 Å². The Bertz CT molecular complexity index is 418. The Labute approximate surface area is 140 Å². The van der Waals surface area contributed by atoms with Crippen LogP contribution < -0.4 is 0 Å². The van der Waals surface area contributed by atoms with E-state index in [1.165, 1.54) is 0 Å². The summed E-state index contributed by atoms with van der Waals surface area (Å²) >= 11 is 0. The Hall–Kier alpha value is -1.06. The van der Waals surface area contributed by atoms with Gasteiger partial charge < -0.3 is 10.2 Å². The van der Waals surface area contributed by atoms with Gasteiger partial charge in [0.2, 0.25) is 0 Å². The van der Waals surface area contributed by atoms with Gasteiger partial charge in [0.05, 0.1) is 12.3 Å². The highest BCUT2D eigenvalue weighted by molar-refractivity contribution is 5.78. The molecular formula is C19H34O4. The zero-order valence-corrected chi connectivity index (χ0v) is 15.2. The molecule has 3 unspecified atom stereocenters. The van der Waals surface area contributed by atoms with E-state index in [9.17, 15) is 19.8 Å². The SMILES string of the molecule is CCC1(CCC(C)C)CCCCC1(CC)C(CC(=O)O)C(=O)O. The van der Waals surface area contributed by atoms with Gasteiger partial charge in [0.25, 0.3) is 0 Å². The quantitative estimate of drug-likeness (QED) is 0.627. The summed E-state index contributed by atoms with van der Waals surface area (Å²) in [5, 5.41) is 19.1. The standard InChI is InChI=1S/C19H34O4/c1-5-18(12-9-14(3)4)10-7-8-11-19(18,6-2)15(17(22)23)13-16(20)21/h14-15H,5-13H2,1-4H3,(H,20,21)(H,22,23). The second-order valence-corrected chi connectivity index (χ2v) is 7.77. The highest BCUT2D eigenvalue weighted by Crippen LogP contribution is 2.62. The third-order valence-corrected chi connectivity index (χ3v) is 6.44. The predicted molar refractivity (Wildman–Crippen MR) is 91.4 cm³/mol. The lowest BCUT2D eigenvalue weighted by atomic mass is 9.47. The van der Waals surface area contributed by atoms with Crippen molar-refractivity contribution in [3.63, 3.8) is 0 Å². The average molecular weight is 326 g/mol. The first kappa shape index (κ1) is 20.0. The van der Waals surface area contributed by atoms with Crippen molar-refractivity contribution in [2.75, 3.05) is 0 Å². The third kappa shape index (κ3) is 4.07. The van der Waals surface area contributed by atoms with Crippen LogP contribution in [0, 0.1) is 22.7 Å². The van der Waals surface area contributed by atoms with E-state index in [1.54, 1.807) is 0 Å². The lowest BCUT2D eigenvalue weighted by molar-refractivity contribution is -0.165. The van der Waals surface area contributed by atoms with Gasteiger partial charge >= 0.3 is 11.9 Å². The van der Waals surface area contributed by atoms with E-state index >= 15 is 0 Å². The molecule has 0 spiro atoms. The molecule has 1 aliphatic carbocycles. The van der Waals surface area contributed by atoms with Gasteiger partial charge in [-0.1, -0.05) is 47.0 Å². The summed E-state index contributed by atoms with van der Waals surface area (Å²) in [6.45, 7) is 8.62. The fourth-order valence-electron chi connectivity index (χ4n) is 5.10. The maximum Gasteiger partial charge on any atom is 0.307 e. The minimum absolute atomic E-state index is 0.0389. The van der Waals surface area contributed by atoms with Gasteiger partial charge in [0.15, 0.2) is 0 Å². The van der Waals surface area contributed by atoms with E-state index in [1.807, 2.05) is 0 Å². The second kappa shape index (κ2) is 8.16. The fourth-order valence-corrected chi connectivity index (χ4v) is 5.10. The van der Waals surface area contributed by atoms with Gasteiger partial charge in [-0.05, 0) is 48.9 Å². The molecule has 0 heterocycles. The van der Waals surface area contributed by atoms with Gasteiger partial charge in [-0.3, -0.25) is 9.59 Å². The molecule has 1 rings (SSSR count). The van der Waals surface area contributed by atoms with Crippen LogP contribution in [0.2, 0.25) is 0 Å². The number of aliphatic carboxylic acids is 2. The number of carboxylic acid groups (broad SMARTS) is 2. The largest absolute Gasteiger partial charge is 0.481 e. The second-order valence-electron chi connectivity index (χ2n) is 7.77. The highest BCUT2D eigenvalue weighted by atomic mass is 16.4. The molecule has 4 nitrogen and oxygen atoms in total. The molecule has 0 saturated heterocycles. The van der Waals surface area contributed by atoms with E-state index in [0.717, 1.165) is 51.4 Å². The minimum atomic E-state index is -0.996. The molecule has 0 bridgehead atoms. The lowest BCUT2D eigenvalue weighted by Gasteiger charge is -2.57. The molecule has 0 aromatic rings. The van der Waals surface area contributed by atoms with Gasteiger partial charge in [-0.25, -0.2) is 0 Å². The van der Waals surface area contributed by atoms with Gasteiger partial charge in [-0.15, -0.1) is 0 Å². The summed E-state index contributed by atoms with van der Waals surface area (Å²) in [6.07, 6.45) is 7.56. The Balaban J connectivity index is 3.31. The first-order valence-electron chi connectivity index (χ1n) is 9.19. The van der Waals surface area contributed by atoms with E-state index < -0.39 is 17.9 Å². The molecule has 0 amide bonds. The van der Waals surface area contributed by atoms with Gasteiger partial charge in [-0.2, -0.15) is 0 Å². The van der Waals surface area contributed by atoms with E-state index in [4.69, 9.17) is 0 Å². The first-order valence-corrected chi connectivity index (χ1v) is 9.19. The van der Waals surface area contributed by atoms with Crippen molar-refractivity contribution in [2.24, 2.45) is 22.7 Å². The van der Waals surface area contributed by atoms with Crippen LogP contribution in [0.25, 0.3) is 0 Å². The minimum Gasteiger partial charge on any atom is -0.481 e. The zero-order valence-electron chi connectivity index (χ0n) is 15.2. The van der Waals surface area contributed by atoms with Crippen molar-refractivity contribution in [3.05, 3.63) is 0 Å². The summed E-state index contributed by atoms with van der Waals surface area (Å²) < 4.78 is 0. The van der Waals surface area contributed by atoms with Crippen molar-refractivity contribution in [1.29, 1.82) is 0 Å². The maximum atomic E-state index is 12.0. The number of carbonyl (C=O) groups is 2. The van der Waals surface area contributed by atoms with E-state index in [-0.39, 0.29) is 17.3 Å². The molecule has 4 heteroatoms. The molecule has 23 heavy (non-hydrogen) atoms. The zero-order chi connectivity index (χ0) is 17.7. The molecule has 134 valence electrons. The first-order chi connectivity index (χ1) is 10.7. The molecule has 3 atom stereocenters. The molecule has 1 fully saturated rings. The van der Waals surface area contributed by atoms with E-state index in [0.29, 0.717) is 5.92 Å². The summed E-state index contributed by atoms with van der Waals surface area (Å²) in [5.74, 6) is -2.13. The van der Waals surface area contributed by atoms with Crippen LogP contribution in [0.5, 0.6) is 0 Å². The van der Waals surface area contributed by atoms with Gasteiger partial charge in [0, 0.05) is 0 Å². The molecule has 0 aromatic heterocycles. The van der Waals surface area contributed by atoms with Crippen molar-refractivity contribution in [2.45, 2.75) is 85.5 Å². The summed E-state index contributed by atoms with van der Waals surface area (Å²) in [5.41, 5.74) is -0.429. The molecular weight excluding hydrogens is 292 g/mol. The van der Waals surface area contributed by atoms with Crippen molar-refractivity contribution in [3.8, 4) is 0 Å². The number of rotatable bonds is 9. The Morgan fingerprint density at radius 2 is 1.65 bits per heavy atom. The molecule has 0 aliphatic heterocycles. The normalized spacial score (nSPS) is 29.4. The lowest BCUT2D eigenvalue weighted by Crippen LogP contribution is -2.52. The molecule has 0 radical (unpaired) electrons. The fraction of sp³-hybridized carbons (Fsp3) is 0.895. The van der Waals surface area contributed by atoms with Crippen LogP contribution in [0.1, 0.15) is 85.5 Å². The van der Waals surface area contributed by atoms with Crippen LogP contribution in [-0.4, -0.2) is 22.2 Å². The summed E-state index contributed by atoms with van der Waals surface area (Å²) in [6, 6.07) is 0. The van der Waals surface area contributed by atoms with Crippen LogP contribution >= 0.6 is 0 Å². The summed E-state index contributed by atoms with van der Waals surface area (Å²) in [7, 11) is 0. The average Bonchev–Trinajstić information content (AvgIpc) is 2.50. The van der Waals surface area contributed by atoms with Crippen molar-refractivity contribution >= 4 is 11.9 Å².